The second-order valence-electron chi connectivity index (χ2n) is 12.7. The molecule has 9 heteroatoms. The fraction of sp³-hybridized carbons (Fsp3) is 0.962. The van der Waals surface area contributed by atoms with Crippen molar-refractivity contribution in [3.8, 4) is 0 Å². The summed E-state index contributed by atoms with van der Waals surface area (Å²) in [5, 5.41) is 35.8. The van der Waals surface area contributed by atoms with Gasteiger partial charge in [0.05, 0.1) is 24.1 Å². The first-order valence-electron chi connectivity index (χ1n) is 13.5. The first-order valence-corrected chi connectivity index (χ1v) is 15.1. The lowest BCUT2D eigenvalue weighted by molar-refractivity contribution is -0.207. The second-order valence-corrected chi connectivity index (χ2v) is 14.2. The minimum Gasteiger partial charge on any atom is -0.393 e. The lowest BCUT2D eigenvalue weighted by Gasteiger charge is -2.63. The van der Waals surface area contributed by atoms with Gasteiger partial charge in [0.25, 0.3) is 10.1 Å². The van der Waals surface area contributed by atoms with E-state index < -0.39 is 28.1 Å². The van der Waals surface area contributed by atoms with Crippen LogP contribution in [0.4, 0.5) is 0 Å². The van der Waals surface area contributed by atoms with Crippen molar-refractivity contribution in [2.75, 3.05) is 12.3 Å². The number of rotatable bonds is 7. The molecule has 5 N–H and O–H groups in total. The van der Waals surface area contributed by atoms with Crippen LogP contribution in [0.5, 0.6) is 0 Å². The topological polar surface area (TPSA) is 144 Å². The van der Waals surface area contributed by atoms with Crippen LogP contribution in [0, 0.1) is 46.3 Å². The van der Waals surface area contributed by atoms with Crippen LogP contribution in [0.2, 0.25) is 0 Å². The lowest BCUT2D eigenvalue weighted by Crippen LogP contribution is -2.62. The maximum atomic E-state index is 12.2. The predicted molar refractivity (Wildman–Crippen MR) is 132 cm³/mol. The van der Waals surface area contributed by atoms with Crippen molar-refractivity contribution in [3.05, 3.63) is 0 Å². The molecule has 11 atom stereocenters. The van der Waals surface area contributed by atoms with E-state index in [0.717, 1.165) is 38.5 Å². The van der Waals surface area contributed by atoms with Gasteiger partial charge in [0.2, 0.25) is 5.91 Å². The lowest BCUT2D eigenvalue weighted by atomic mass is 9.43. The van der Waals surface area contributed by atoms with Gasteiger partial charge in [-0.25, -0.2) is 0 Å². The van der Waals surface area contributed by atoms with E-state index in [1.165, 1.54) is 0 Å². The molecule has 4 rings (SSSR count). The van der Waals surface area contributed by atoms with E-state index in [1.807, 2.05) is 0 Å². The van der Waals surface area contributed by atoms with Gasteiger partial charge in [-0.3, -0.25) is 9.35 Å². The summed E-state index contributed by atoms with van der Waals surface area (Å²) in [6.07, 6.45) is 5.67. The molecule has 0 bridgehead atoms. The average Bonchev–Trinajstić information content (AvgIpc) is 3.12. The summed E-state index contributed by atoms with van der Waals surface area (Å²) in [6, 6.07) is 0. The Morgan fingerprint density at radius 2 is 1.77 bits per heavy atom. The molecule has 4 aliphatic carbocycles. The van der Waals surface area contributed by atoms with Gasteiger partial charge < -0.3 is 20.6 Å². The molecular weight excluding hydrogens is 470 g/mol. The van der Waals surface area contributed by atoms with Crippen molar-refractivity contribution in [1.29, 1.82) is 0 Å². The highest BCUT2D eigenvalue weighted by molar-refractivity contribution is 7.85. The van der Waals surface area contributed by atoms with Gasteiger partial charge in [0.1, 0.15) is 0 Å². The normalized spacial score (nSPS) is 46.3. The maximum Gasteiger partial charge on any atom is 0.266 e. The Kier molecular flexibility index (Phi) is 7.69. The van der Waals surface area contributed by atoms with Crippen LogP contribution < -0.4 is 5.32 Å². The molecule has 0 saturated heterocycles. The van der Waals surface area contributed by atoms with Gasteiger partial charge in [0, 0.05) is 13.0 Å². The highest BCUT2D eigenvalue weighted by Gasteiger charge is 2.65. The molecule has 0 heterocycles. The Morgan fingerprint density at radius 3 is 2.46 bits per heavy atom. The quantitative estimate of drug-likeness (QED) is 0.327. The van der Waals surface area contributed by atoms with E-state index >= 15 is 0 Å². The minimum absolute atomic E-state index is 0.0509. The Bertz CT molecular complexity index is 896. The average molecular weight is 516 g/mol. The number of hydrogen-bond donors (Lipinski definition) is 5. The van der Waals surface area contributed by atoms with Gasteiger partial charge >= 0.3 is 0 Å². The third-order valence-electron chi connectivity index (χ3n) is 11.0. The summed E-state index contributed by atoms with van der Waals surface area (Å²) in [5.41, 5.74) is -0.254. The summed E-state index contributed by atoms with van der Waals surface area (Å²) in [4.78, 5) is 12.2. The van der Waals surface area contributed by atoms with Gasteiger partial charge in [-0.15, -0.1) is 0 Å². The number of carbonyl (C=O) groups is 1. The van der Waals surface area contributed by atoms with Crippen LogP contribution in [0.3, 0.4) is 0 Å². The Labute approximate surface area is 210 Å². The van der Waals surface area contributed by atoms with E-state index in [1.54, 1.807) is 0 Å². The Morgan fingerprint density at radius 1 is 1.06 bits per heavy atom. The van der Waals surface area contributed by atoms with Crippen molar-refractivity contribution < 1.29 is 33.1 Å². The van der Waals surface area contributed by atoms with E-state index in [9.17, 15) is 28.5 Å². The van der Waals surface area contributed by atoms with Crippen LogP contribution in [0.15, 0.2) is 0 Å². The molecule has 4 fully saturated rings. The van der Waals surface area contributed by atoms with Crippen LogP contribution >= 0.6 is 0 Å². The van der Waals surface area contributed by atoms with Gasteiger partial charge in [-0.1, -0.05) is 20.8 Å². The molecule has 0 spiro atoms. The zero-order valence-electron chi connectivity index (χ0n) is 21.4. The van der Waals surface area contributed by atoms with Crippen molar-refractivity contribution in [2.45, 2.75) is 96.9 Å². The van der Waals surface area contributed by atoms with E-state index in [0.29, 0.717) is 18.8 Å². The fourth-order valence-corrected chi connectivity index (χ4v) is 9.46. The number of amides is 1. The SMILES string of the molecule is C[C@H](CCC(=O)NCCS(=O)(=O)O)C1CC[C@H]2[C@H]3C(C[C@H](O)[C@]12C)[C@@]1(C)CC[C@@H](O)C[C@H]1C[C@H]3O. The molecule has 0 aliphatic heterocycles. The van der Waals surface area contributed by atoms with Crippen LogP contribution in [-0.2, 0) is 14.9 Å². The number of aliphatic hydroxyl groups excluding tert-OH is 3. The van der Waals surface area contributed by atoms with Crippen molar-refractivity contribution >= 4 is 16.0 Å². The molecule has 0 aromatic heterocycles. The number of carbonyl (C=O) groups excluding carboxylic acids is 1. The first-order chi connectivity index (χ1) is 16.3. The van der Waals surface area contributed by atoms with Crippen molar-refractivity contribution in [3.63, 3.8) is 0 Å². The summed E-state index contributed by atoms with van der Waals surface area (Å²) < 4.78 is 30.5. The molecule has 1 amide bonds. The van der Waals surface area contributed by atoms with E-state index in [2.05, 4.69) is 26.1 Å². The molecule has 2 unspecified atom stereocenters. The molecule has 0 aromatic rings. The molecule has 4 saturated carbocycles. The zero-order valence-corrected chi connectivity index (χ0v) is 22.2. The third kappa shape index (κ3) is 5.05. The highest BCUT2D eigenvalue weighted by Crippen LogP contribution is 2.68. The smallest absolute Gasteiger partial charge is 0.266 e. The molecule has 4 aliphatic rings. The fourth-order valence-electron chi connectivity index (χ4n) is 9.10. The van der Waals surface area contributed by atoms with Crippen LogP contribution in [0.25, 0.3) is 0 Å². The van der Waals surface area contributed by atoms with E-state index in [-0.39, 0.29) is 65.4 Å². The van der Waals surface area contributed by atoms with Gasteiger partial charge in [-0.2, -0.15) is 8.42 Å². The second kappa shape index (κ2) is 9.86. The molecule has 0 aromatic carbocycles. The van der Waals surface area contributed by atoms with Crippen LogP contribution in [0.1, 0.15) is 78.6 Å². The number of aliphatic hydroxyl groups is 3. The first kappa shape index (κ1) is 27.3. The standard InChI is InChI=1S/C26H45NO7S/c1-15(4-7-23(31)27-10-11-35(32,33)34)18-5-6-19-24-20(14-22(30)26(18,19)3)25(2)9-8-17(28)12-16(25)13-21(24)29/h15-22,24,28-30H,4-14H2,1-3H3,(H,27,31)(H,32,33,34)/t15-,16+,17-,18?,19+,20?,21-,22+,24+,25+,26-/m1/s1. The third-order valence-corrected chi connectivity index (χ3v) is 11.7. The van der Waals surface area contributed by atoms with Crippen molar-refractivity contribution in [2.24, 2.45) is 46.3 Å². The predicted octanol–water partition coefficient (Wildman–Crippen LogP) is 2.37. The maximum absolute atomic E-state index is 12.2. The number of fused-ring (bicyclic) bond motifs is 5. The summed E-state index contributed by atoms with van der Waals surface area (Å²) in [7, 11) is -4.10. The molecule has 202 valence electrons. The van der Waals surface area contributed by atoms with E-state index in [4.69, 9.17) is 4.55 Å². The molecule has 8 nitrogen and oxygen atoms in total. The number of hydrogen-bond acceptors (Lipinski definition) is 6. The monoisotopic (exact) mass is 515 g/mol. The summed E-state index contributed by atoms with van der Waals surface area (Å²) in [5.74, 6) is 0.705. The minimum atomic E-state index is -4.10. The summed E-state index contributed by atoms with van der Waals surface area (Å²) >= 11 is 0. The van der Waals surface area contributed by atoms with Crippen LogP contribution in [-0.4, -0.2) is 64.8 Å². The number of nitrogens with one attached hydrogen (secondary N) is 1. The Hall–Kier alpha value is -0.740. The molecular formula is C26H45NO7S. The largest absolute Gasteiger partial charge is 0.393 e. The highest BCUT2D eigenvalue weighted by atomic mass is 32.2. The molecule has 35 heavy (non-hydrogen) atoms. The van der Waals surface area contributed by atoms with Gasteiger partial charge in [-0.05, 0) is 97.7 Å². The molecule has 0 radical (unpaired) electrons. The Balaban J connectivity index is 1.43. The van der Waals surface area contributed by atoms with Gasteiger partial charge in [0.15, 0.2) is 0 Å². The summed E-state index contributed by atoms with van der Waals surface area (Å²) in [6.45, 7) is 6.56. The van der Waals surface area contributed by atoms with Crippen molar-refractivity contribution in [1.82, 2.24) is 5.32 Å². The zero-order chi connectivity index (χ0) is 25.8.